The number of benzene rings is 2. The van der Waals surface area contributed by atoms with Crippen LogP contribution in [-0.2, 0) is 10.2 Å². The van der Waals surface area contributed by atoms with Gasteiger partial charge in [-0.2, -0.15) is 0 Å². The quantitative estimate of drug-likeness (QED) is 0.631. The molecule has 0 saturated carbocycles. The Balaban J connectivity index is 2.00. The molecular weight excluding hydrogens is 346 g/mol. The van der Waals surface area contributed by atoms with Gasteiger partial charge in [-0.15, -0.1) is 0 Å². The number of nitrogens with one attached hydrogen (secondary N) is 1. The molecule has 0 saturated heterocycles. The second-order valence-electron chi connectivity index (χ2n) is 8.82. The molecule has 0 aliphatic rings. The lowest BCUT2D eigenvalue weighted by atomic mass is 9.79. The highest BCUT2D eigenvalue weighted by Crippen LogP contribution is 2.29. The van der Waals surface area contributed by atoms with Gasteiger partial charge in [-0.3, -0.25) is 4.79 Å². The molecule has 1 N–H and O–H groups in total. The summed E-state index contributed by atoms with van der Waals surface area (Å²) in [5, 5.41) is 3.13. The van der Waals surface area contributed by atoms with E-state index in [9.17, 15) is 4.79 Å². The maximum Gasteiger partial charge on any atom is 0.260 e. The molecular formula is C25H35NO2. The molecule has 3 nitrogen and oxygen atoms in total. The van der Waals surface area contributed by atoms with Gasteiger partial charge in [0.25, 0.3) is 5.91 Å². The predicted molar refractivity (Wildman–Crippen MR) is 117 cm³/mol. The Morgan fingerprint density at radius 2 is 1.68 bits per heavy atom. The third-order valence-corrected chi connectivity index (χ3v) is 5.22. The monoisotopic (exact) mass is 381 g/mol. The van der Waals surface area contributed by atoms with E-state index in [2.05, 4.69) is 76.3 Å². The first-order valence-electron chi connectivity index (χ1n) is 10.2. The van der Waals surface area contributed by atoms with Crippen LogP contribution in [0.25, 0.3) is 0 Å². The molecule has 1 amide bonds. The van der Waals surface area contributed by atoms with Crippen molar-refractivity contribution in [2.45, 2.75) is 78.4 Å². The van der Waals surface area contributed by atoms with Crippen molar-refractivity contribution in [3.8, 4) is 5.75 Å². The number of amides is 1. The van der Waals surface area contributed by atoms with E-state index in [1.807, 2.05) is 26.0 Å². The van der Waals surface area contributed by atoms with Crippen LogP contribution >= 0.6 is 0 Å². The fourth-order valence-corrected chi connectivity index (χ4v) is 3.65. The molecule has 0 aromatic heterocycles. The number of rotatable bonds is 8. The molecule has 0 spiro atoms. The molecule has 28 heavy (non-hydrogen) atoms. The van der Waals surface area contributed by atoms with Gasteiger partial charge in [0.1, 0.15) is 5.75 Å². The Bertz CT molecular complexity index is 780. The average molecular weight is 382 g/mol. The summed E-state index contributed by atoms with van der Waals surface area (Å²) in [6, 6.07) is 16.7. The van der Waals surface area contributed by atoms with Crippen molar-refractivity contribution in [1.82, 2.24) is 5.32 Å². The Kier molecular flexibility index (Phi) is 7.29. The van der Waals surface area contributed by atoms with E-state index in [0.717, 1.165) is 23.3 Å². The second-order valence-corrected chi connectivity index (χ2v) is 8.82. The van der Waals surface area contributed by atoms with Crippen molar-refractivity contribution in [2.24, 2.45) is 0 Å². The normalized spacial score (nSPS) is 13.9. The summed E-state index contributed by atoms with van der Waals surface area (Å²) in [6.45, 7) is 14.6. The largest absolute Gasteiger partial charge is 0.481 e. The van der Waals surface area contributed by atoms with E-state index in [4.69, 9.17) is 4.74 Å². The third-order valence-electron chi connectivity index (χ3n) is 5.22. The molecule has 0 bridgehead atoms. The molecule has 152 valence electrons. The van der Waals surface area contributed by atoms with Crippen molar-refractivity contribution >= 4 is 5.91 Å². The standard InChI is InChI=1S/C25H35NO2/c1-17(2)22-14-13-18(3)15-23(22)28-20(5)24(27)26-19(4)16-25(6,7)21-11-9-8-10-12-21/h8-15,17,19-20H,16H2,1-7H3,(H,26,27)/t19-,20+/m0/s1. The van der Waals surface area contributed by atoms with Crippen molar-refractivity contribution in [3.63, 3.8) is 0 Å². The summed E-state index contributed by atoms with van der Waals surface area (Å²) in [4.78, 5) is 12.7. The molecule has 0 radical (unpaired) electrons. The van der Waals surface area contributed by atoms with Crippen LogP contribution in [0.3, 0.4) is 0 Å². The highest BCUT2D eigenvalue weighted by atomic mass is 16.5. The van der Waals surface area contributed by atoms with Crippen LogP contribution in [-0.4, -0.2) is 18.1 Å². The Morgan fingerprint density at radius 3 is 2.29 bits per heavy atom. The molecule has 0 unspecified atom stereocenters. The zero-order valence-electron chi connectivity index (χ0n) is 18.4. The van der Waals surface area contributed by atoms with Gasteiger partial charge in [0, 0.05) is 6.04 Å². The van der Waals surface area contributed by atoms with Gasteiger partial charge in [0.2, 0.25) is 0 Å². The van der Waals surface area contributed by atoms with E-state index >= 15 is 0 Å². The Hall–Kier alpha value is -2.29. The van der Waals surface area contributed by atoms with Crippen LogP contribution in [0.2, 0.25) is 0 Å². The minimum atomic E-state index is -0.540. The summed E-state index contributed by atoms with van der Waals surface area (Å²) >= 11 is 0. The van der Waals surface area contributed by atoms with E-state index in [0.29, 0.717) is 5.92 Å². The van der Waals surface area contributed by atoms with Crippen molar-refractivity contribution in [3.05, 3.63) is 65.2 Å². The first kappa shape index (κ1) is 22.0. The van der Waals surface area contributed by atoms with Crippen molar-refractivity contribution < 1.29 is 9.53 Å². The molecule has 2 aromatic rings. The summed E-state index contributed by atoms with van der Waals surface area (Å²) in [6.07, 6.45) is 0.318. The van der Waals surface area contributed by atoms with Gasteiger partial charge in [0.05, 0.1) is 0 Å². The number of hydrogen-bond acceptors (Lipinski definition) is 2. The van der Waals surface area contributed by atoms with Crippen LogP contribution in [0.15, 0.2) is 48.5 Å². The number of hydrogen-bond donors (Lipinski definition) is 1. The van der Waals surface area contributed by atoms with Crippen LogP contribution in [0.4, 0.5) is 0 Å². The fourth-order valence-electron chi connectivity index (χ4n) is 3.65. The first-order chi connectivity index (χ1) is 13.1. The van der Waals surface area contributed by atoms with E-state index in [-0.39, 0.29) is 17.4 Å². The lowest BCUT2D eigenvalue weighted by Crippen LogP contribution is -2.43. The van der Waals surface area contributed by atoms with E-state index < -0.39 is 6.10 Å². The third kappa shape index (κ3) is 5.85. The zero-order valence-corrected chi connectivity index (χ0v) is 18.4. The highest BCUT2D eigenvalue weighted by Gasteiger charge is 2.26. The smallest absolute Gasteiger partial charge is 0.260 e. The molecule has 2 rings (SSSR count). The number of aryl methyl sites for hydroxylation is 1. The summed E-state index contributed by atoms with van der Waals surface area (Å²) in [5.41, 5.74) is 3.52. The Labute approximate surface area is 170 Å². The molecule has 0 aliphatic heterocycles. The highest BCUT2D eigenvalue weighted by molar-refractivity contribution is 5.81. The van der Waals surface area contributed by atoms with Crippen LogP contribution in [0.1, 0.15) is 70.6 Å². The van der Waals surface area contributed by atoms with E-state index in [1.165, 1.54) is 5.56 Å². The first-order valence-corrected chi connectivity index (χ1v) is 10.2. The lowest BCUT2D eigenvalue weighted by Gasteiger charge is -2.30. The molecule has 0 fully saturated rings. The van der Waals surface area contributed by atoms with Crippen LogP contribution in [0.5, 0.6) is 5.75 Å². The average Bonchev–Trinajstić information content (AvgIpc) is 2.61. The number of carbonyl (C=O) groups is 1. The van der Waals surface area contributed by atoms with Gasteiger partial charge in [-0.1, -0.05) is 70.2 Å². The van der Waals surface area contributed by atoms with E-state index in [1.54, 1.807) is 0 Å². The van der Waals surface area contributed by atoms with Crippen molar-refractivity contribution in [1.29, 1.82) is 0 Å². The van der Waals surface area contributed by atoms with Gasteiger partial charge in [0.15, 0.2) is 6.10 Å². The zero-order chi connectivity index (χ0) is 20.9. The number of carbonyl (C=O) groups excluding carboxylic acids is 1. The van der Waals surface area contributed by atoms with Gasteiger partial charge in [-0.25, -0.2) is 0 Å². The molecule has 3 heteroatoms. The molecule has 2 aromatic carbocycles. The minimum absolute atomic E-state index is 0.0145. The Morgan fingerprint density at radius 1 is 1.04 bits per heavy atom. The molecule has 0 heterocycles. The summed E-state index contributed by atoms with van der Waals surface area (Å²) in [5.74, 6) is 1.07. The summed E-state index contributed by atoms with van der Waals surface area (Å²) < 4.78 is 6.05. The SMILES string of the molecule is Cc1ccc(C(C)C)c(O[C@H](C)C(=O)N[C@@H](C)CC(C)(C)c2ccccc2)c1. The van der Waals surface area contributed by atoms with Crippen LogP contribution in [0, 0.1) is 6.92 Å². The lowest BCUT2D eigenvalue weighted by molar-refractivity contribution is -0.128. The molecule has 0 aliphatic carbocycles. The second kappa shape index (κ2) is 9.27. The number of ether oxygens (including phenoxy) is 1. The van der Waals surface area contributed by atoms with Crippen molar-refractivity contribution in [2.75, 3.05) is 0 Å². The maximum absolute atomic E-state index is 12.7. The summed E-state index contributed by atoms with van der Waals surface area (Å²) in [7, 11) is 0. The van der Waals surface area contributed by atoms with Crippen LogP contribution < -0.4 is 10.1 Å². The van der Waals surface area contributed by atoms with Gasteiger partial charge < -0.3 is 10.1 Å². The fraction of sp³-hybridized carbons (Fsp3) is 0.480. The minimum Gasteiger partial charge on any atom is -0.481 e. The predicted octanol–water partition coefficient (Wildman–Crippen LogP) is 5.76. The van der Waals surface area contributed by atoms with Gasteiger partial charge in [-0.05, 0) is 61.3 Å². The topological polar surface area (TPSA) is 38.3 Å². The molecule has 2 atom stereocenters. The van der Waals surface area contributed by atoms with Gasteiger partial charge >= 0.3 is 0 Å². The maximum atomic E-state index is 12.7.